The Hall–Kier alpha value is -1.16. The van der Waals surface area contributed by atoms with Gasteiger partial charge in [0.1, 0.15) is 0 Å². The van der Waals surface area contributed by atoms with E-state index in [4.69, 9.17) is 4.74 Å². The van der Waals surface area contributed by atoms with Gasteiger partial charge in [-0.25, -0.2) is 9.97 Å². The molecule has 1 N–H and O–H groups in total. The maximum atomic E-state index is 5.43. The number of nitrogens with one attached hydrogen (secondary N) is 1. The lowest BCUT2D eigenvalue weighted by molar-refractivity contribution is 0.241. The predicted octanol–water partition coefficient (Wildman–Crippen LogP) is 0.465. The summed E-state index contributed by atoms with van der Waals surface area (Å²) in [7, 11) is 0. The molecule has 4 heteroatoms. The first-order valence-electron chi connectivity index (χ1n) is 4.55. The second-order valence-corrected chi connectivity index (χ2v) is 3.20. The zero-order valence-electron chi connectivity index (χ0n) is 7.44. The van der Waals surface area contributed by atoms with Crippen molar-refractivity contribution in [3.8, 4) is 6.01 Å². The molecule has 0 aromatic carbocycles. The molecule has 0 saturated carbocycles. The fourth-order valence-corrected chi connectivity index (χ4v) is 1.41. The van der Waals surface area contributed by atoms with Gasteiger partial charge in [0.15, 0.2) is 0 Å². The van der Waals surface area contributed by atoms with Gasteiger partial charge in [0, 0.05) is 24.9 Å². The fraction of sp³-hybridized carbons (Fsp3) is 0.556. The number of hydrogen-bond donors (Lipinski definition) is 1. The van der Waals surface area contributed by atoms with E-state index in [1.165, 1.54) is 6.42 Å². The molecule has 4 nitrogen and oxygen atoms in total. The lowest BCUT2D eigenvalue weighted by atomic mass is 10.1. The van der Waals surface area contributed by atoms with Gasteiger partial charge in [0.2, 0.25) is 0 Å². The molecule has 0 amide bonds. The first-order chi connectivity index (χ1) is 6.45. The fourth-order valence-electron chi connectivity index (χ4n) is 1.41. The van der Waals surface area contributed by atoms with Crippen LogP contribution in [0.5, 0.6) is 6.01 Å². The third-order valence-corrected chi connectivity index (χ3v) is 2.15. The van der Waals surface area contributed by atoms with Gasteiger partial charge in [0.25, 0.3) is 0 Å². The van der Waals surface area contributed by atoms with Crippen molar-refractivity contribution in [2.75, 3.05) is 19.7 Å². The molecule has 1 saturated heterocycles. The van der Waals surface area contributed by atoms with E-state index in [0.29, 0.717) is 11.9 Å². The van der Waals surface area contributed by atoms with E-state index in [0.717, 1.165) is 19.7 Å². The Morgan fingerprint density at radius 1 is 1.46 bits per heavy atom. The van der Waals surface area contributed by atoms with Gasteiger partial charge in [0.05, 0.1) is 6.61 Å². The van der Waals surface area contributed by atoms with Crippen LogP contribution < -0.4 is 10.1 Å². The van der Waals surface area contributed by atoms with Crippen LogP contribution in [-0.2, 0) is 0 Å². The molecule has 1 fully saturated rings. The molecule has 2 heterocycles. The number of aromatic nitrogens is 2. The van der Waals surface area contributed by atoms with Gasteiger partial charge in [-0.2, -0.15) is 0 Å². The summed E-state index contributed by atoms with van der Waals surface area (Å²) in [4.78, 5) is 7.97. The molecule has 1 aromatic rings. The molecule has 0 unspecified atom stereocenters. The van der Waals surface area contributed by atoms with Crippen molar-refractivity contribution in [3.63, 3.8) is 0 Å². The highest BCUT2D eigenvalue weighted by Crippen LogP contribution is 2.08. The zero-order valence-corrected chi connectivity index (χ0v) is 7.44. The van der Waals surface area contributed by atoms with Crippen LogP contribution in [0.15, 0.2) is 18.5 Å². The van der Waals surface area contributed by atoms with Crippen molar-refractivity contribution >= 4 is 0 Å². The second kappa shape index (κ2) is 4.18. The summed E-state index contributed by atoms with van der Waals surface area (Å²) in [6, 6.07) is 2.26. The Morgan fingerprint density at radius 3 is 3.00 bits per heavy atom. The van der Waals surface area contributed by atoms with E-state index in [2.05, 4.69) is 15.3 Å². The molecular weight excluding hydrogens is 166 g/mol. The third-order valence-electron chi connectivity index (χ3n) is 2.15. The molecular formula is C9H13N3O. The van der Waals surface area contributed by atoms with Gasteiger partial charge in [-0.1, -0.05) is 0 Å². The van der Waals surface area contributed by atoms with Gasteiger partial charge < -0.3 is 10.1 Å². The standard InChI is InChI=1S/C9H13N3O/c1-3-11-9(12-4-1)13-7-8-2-5-10-6-8/h1,3-4,8,10H,2,5-7H2/t8-/m0/s1. The molecule has 13 heavy (non-hydrogen) atoms. The molecule has 2 rings (SSSR count). The molecule has 1 aliphatic rings. The number of hydrogen-bond acceptors (Lipinski definition) is 4. The summed E-state index contributed by atoms with van der Waals surface area (Å²) < 4.78 is 5.43. The lowest BCUT2D eigenvalue weighted by Gasteiger charge is -2.08. The summed E-state index contributed by atoms with van der Waals surface area (Å²) in [5.74, 6) is 0.615. The molecule has 0 radical (unpaired) electrons. The van der Waals surface area contributed by atoms with E-state index in [9.17, 15) is 0 Å². The molecule has 1 atom stereocenters. The Balaban J connectivity index is 1.79. The van der Waals surface area contributed by atoms with E-state index >= 15 is 0 Å². The van der Waals surface area contributed by atoms with E-state index in [-0.39, 0.29) is 0 Å². The first-order valence-corrected chi connectivity index (χ1v) is 4.55. The van der Waals surface area contributed by atoms with Gasteiger partial charge in [-0.15, -0.1) is 0 Å². The Bertz CT molecular complexity index is 246. The summed E-state index contributed by atoms with van der Waals surface area (Å²) in [5, 5.41) is 3.29. The topological polar surface area (TPSA) is 47.0 Å². The largest absolute Gasteiger partial charge is 0.463 e. The molecule has 70 valence electrons. The zero-order chi connectivity index (χ0) is 8.93. The Kier molecular flexibility index (Phi) is 2.72. The smallest absolute Gasteiger partial charge is 0.316 e. The minimum absolute atomic E-state index is 0.481. The average molecular weight is 179 g/mol. The molecule has 1 aliphatic heterocycles. The van der Waals surface area contributed by atoms with Crippen molar-refractivity contribution < 1.29 is 4.74 Å². The van der Waals surface area contributed by atoms with Crippen LogP contribution in [0, 0.1) is 5.92 Å². The van der Waals surface area contributed by atoms with Crippen molar-refractivity contribution in [1.29, 1.82) is 0 Å². The van der Waals surface area contributed by atoms with Crippen LogP contribution in [0.2, 0.25) is 0 Å². The molecule has 1 aromatic heterocycles. The van der Waals surface area contributed by atoms with E-state index in [1.807, 2.05) is 0 Å². The van der Waals surface area contributed by atoms with Gasteiger partial charge in [-0.05, 0) is 19.0 Å². The van der Waals surface area contributed by atoms with Gasteiger partial charge >= 0.3 is 6.01 Å². The van der Waals surface area contributed by atoms with Crippen LogP contribution in [0.1, 0.15) is 6.42 Å². The maximum Gasteiger partial charge on any atom is 0.316 e. The Labute approximate surface area is 77.4 Å². The second-order valence-electron chi connectivity index (χ2n) is 3.20. The Morgan fingerprint density at radius 2 is 2.31 bits per heavy atom. The number of nitrogens with zero attached hydrogens (tertiary/aromatic N) is 2. The van der Waals surface area contributed by atoms with Crippen molar-refractivity contribution in [2.24, 2.45) is 5.92 Å². The van der Waals surface area contributed by atoms with Crippen molar-refractivity contribution in [1.82, 2.24) is 15.3 Å². The molecule has 0 aliphatic carbocycles. The molecule has 0 spiro atoms. The third kappa shape index (κ3) is 2.39. The summed E-state index contributed by atoms with van der Waals surface area (Å²) in [5.41, 5.74) is 0. The quantitative estimate of drug-likeness (QED) is 0.732. The highest BCUT2D eigenvalue weighted by atomic mass is 16.5. The predicted molar refractivity (Wildman–Crippen MR) is 48.5 cm³/mol. The normalized spacial score (nSPS) is 21.7. The van der Waals surface area contributed by atoms with Crippen LogP contribution >= 0.6 is 0 Å². The van der Waals surface area contributed by atoms with Crippen LogP contribution in [0.3, 0.4) is 0 Å². The summed E-state index contributed by atoms with van der Waals surface area (Å²) in [6.45, 7) is 2.87. The number of rotatable bonds is 3. The maximum absolute atomic E-state index is 5.43. The minimum Gasteiger partial charge on any atom is -0.463 e. The highest BCUT2D eigenvalue weighted by Gasteiger charge is 2.15. The SMILES string of the molecule is c1cnc(OC[C@H]2CCNC2)nc1. The van der Waals surface area contributed by atoms with E-state index in [1.54, 1.807) is 18.5 Å². The highest BCUT2D eigenvalue weighted by molar-refractivity contribution is 4.93. The van der Waals surface area contributed by atoms with Crippen LogP contribution in [0.25, 0.3) is 0 Å². The number of ether oxygens (including phenoxy) is 1. The van der Waals surface area contributed by atoms with Crippen molar-refractivity contribution in [3.05, 3.63) is 18.5 Å². The summed E-state index contributed by atoms with van der Waals surface area (Å²) >= 11 is 0. The first kappa shape index (κ1) is 8.44. The van der Waals surface area contributed by atoms with Crippen LogP contribution in [0.4, 0.5) is 0 Å². The van der Waals surface area contributed by atoms with Crippen molar-refractivity contribution in [2.45, 2.75) is 6.42 Å². The monoisotopic (exact) mass is 179 g/mol. The van der Waals surface area contributed by atoms with Crippen LogP contribution in [-0.4, -0.2) is 29.7 Å². The van der Waals surface area contributed by atoms with Gasteiger partial charge in [-0.3, -0.25) is 0 Å². The minimum atomic E-state index is 0.481. The average Bonchev–Trinajstić information content (AvgIpc) is 2.69. The summed E-state index contributed by atoms with van der Waals surface area (Å²) in [6.07, 6.45) is 4.57. The molecule has 0 bridgehead atoms. The lowest BCUT2D eigenvalue weighted by Crippen LogP contribution is -2.16. The van der Waals surface area contributed by atoms with E-state index < -0.39 is 0 Å².